The summed E-state index contributed by atoms with van der Waals surface area (Å²) in [5.74, 6) is 0. The lowest BCUT2D eigenvalue weighted by Crippen LogP contribution is -2.20. The van der Waals surface area contributed by atoms with Gasteiger partial charge in [0.05, 0.1) is 12.7 Å². The summed E-state index contributed by atoms with van der Waals surface area (Å²) in [6, 6.07) is 10.9. The SMILES string of the molecule is C=CC[C@H]1C[C@@H](OCc2ccccc2)CN1. The van der Waals surface area contributed by atoms with Gasteiger partial charge in [0, 0.05) is 12.6 Å². The maximum Gasteiger partial charge on any atom is 0.0721 e. The Balaban J connectivity index is 1.73. The summed E-state index contributed by atoms with van der Waals surface area (Å²) >= 11 is 0. The monoisotopic (exact) mass is 217 g/mol. The smallest absolute Gasteiger partial charge is 0.0721 e. The van der Waals surface area contributed by atoms with Gasteiger partial charge in [0.15, 0.2) is 0 Å². The third-order valence-electron chi connectivity index (χ3n) is 2.96. The summed E-state index contributed by atoms with van der Waals surface area (Å²) in [7, 11) is 0. The summed E-state index contributed by atoms with van der Waals surface area (Å²) in [5, 5.41) is 3.45. The van der Waals surface area contributed by atoms with Gasteiger partial charge in [0.2, 0.25) is 0 Å². The molecule has 1 saturated heterocycles. The van der Waals surface area contributed by atoms with Crippen LogP contribution in [0.5, 0.6) is 0 Å². The Morgan fingerprint density at radius 3 is 2.94 bits per heavy atom. The van der Waals surface area contributed by atoms with Crippen molar-refractivity contribution in [1.82, 2.24) is 5.32 Å². The first kappa shape index (κ1) is 11.4. The Morgan fingerprint density at radius 2 is 2.19 bits per heavy atom. The maximum absolute atomic E-state index is 5.87. The van der Waals surface area contributed by atoms with Gasteiger partial charge in [-0.3, -0.25) is 0 Å². The van der Waals surface area contributed by atoms with Gasteiger partial charge in [0.1, 0.15) is 0 Å². The molecule has 1 aromatic carbocycles. The van der Waals surface area contributed by atoms with E-state index in [2.05, 4.69) is 24.0 Å². The van der Waals surface area contributed by atoms with Crippen molar-refractivity contribution in [2.24, 2.45) is 0 Å². The fourth-order valence-electron chi connectivity index (χ4n) is 2.08. The number of ether oxygens (including phenoxy) is 1. The van der Waals surface area contributed by atoms with E-state index in [1.807, 2.05) is 24.3 Å². The second-order valence-electron chi connectivity index (χ2n) is 4.28. The molecule has 0 spiro atoms. The molecule has 1 aliphatic heterocycles. The predicted octanol–water partition coefficient (Wildman–Crippen LogP) is 2.51. The first-order valence-corrected chi connectivity index (χ1v) is 5.88. The Morgan fingerprint density at radius 1 is 1.38 bits per heavy atom. The summed E-state index contributed by atoms with van der Waals surface area (Å²) in [6.07, 6.45) is 4.45. The van der Waals surface area contributed by atoms with Crippen molar-refractivity contribution in [2.45, 2.75) is 31.6 Å². The first-order valence-electron chi connectivity index (χ1n) is 5.88. The minimum atomic E-state index is 0.352. The number of benzene rings is 1. The Labute approximate surface area is 97.3 Å². The molecule has 0 aromatic heterocycles. The van der Waals surface area contributed by atoms with Crippen molar-refractivity contribution in [3.8, 4) is 0 Å². The van der Waals surface area contributed by atoms with Crippen LogP contribution in [-0.4, -0.2) is 18.7 Å². The van der Waals surface area contributed by atoms with Gasteiger partial charge in [-0.1, -0.05) is 36.4 Å². The Hall–Kier alpha value is -1.12. The van der Waals surface area contributed by atoms with Gasteiger partial charge in [0.25, 0.3) is 0 Å². The molecule has 0 saturated carbocycles. The third-order valence-corrected chi connectivity index (χ3v) is 2.96. The quantitative estimate of drug-likeness (QED) is 0.765. The van der Waals surface area contributed by atoms with E-state index in [1.54, 1.807) is 0 Å². The lowest BCUT2D eigenvalue weighted by Gasteiger charge is -2.10. The van der Waals surface area contributed by atoms with E-state index in [0.29, 0.717) is 18.8 Å². The second kappa shape index (κ2) is 5.83. The van der Waals surface area contributed by atoms with E-state index in [1.165, 1.54) is 5.56 Å². The number of hydrogen-bond donors (Lipinski definition) is 1. The van der Waals surface area contributed by atoms with Gasteiger partial charge in [-0.05, 0) is 18.4 Å². The van der Waals surface area contributed by atoms with E-state index in [0.717, 1.165) is 19.4 Å². The maximum atomic E-state index is 5.87. The molecule has 0 bridgehead atoms. The van der Waals surface area contributed by atoms with Crippen molar-refractivity contribution in [3.63, 3.8) is 0 Å². The van der Waals surface area contributed by atoms with Crippen LogP contribution in [0.2, 0.25) is 0 Å². The Kier molecular flexibility index (Phi) is 4.14. The molecule has 2 nitrogen and oxygen atoms in total. The van der Waals surface area contributed by atoms with E-state index in [9.17, 15) is 0 Å². The molecule has 0 radical (unpaired) electrons. The summed E-state index contributed by atoms with van der Waals surface area (Å²) in [6.45, 7) is 5.44. The van der Waals surface area contributed by atoms with Crippen LogP contribution in [0.15, 0.2) is 43.0 Å². The van der Waals surface area contributed by atoms with Crippen molar-refractivity contribution in [2.75, 3.05) is 6.54 Å². The normalized spacial score (nSPS) is 24.5. The summed E-state index contributed by atoms with van der Waals surface area (Å²) < 4.78 is 5.87. The van der Waals surface area contributed by atoms with Crippen LogP contribution in [0.3, 0.4) is 0 Å². The molecular formula is C14H19NO. The largest absolute Gasteiger partial charge is 0.372 e. The number of nitrogens with one attached hydrogen (secondary N) is 1. The highest BCUT2D eigenvalue weighted by atomic mass is 16.5. The molecule has 2 heteroatoms. The molecule has 0 aliphatic carbocycles. The van der Waals surface area contributed by atoms with Gasteiger partial charge in [-0.2, -0.15) is 0 Å². The molecule has 1 N–H and O–H groups in total. The van der Waals surface area contributed by atoms with Crippen LogP contribution >= 0.6 is 0 Å². The molecule has 0 unspecified atom stereocenters. The van der Waals surface area contributed by atoms with Gasteiger partial charge in [-0.15, -0.1) is 6.58 Å². The zero-order valence-electron chi connectivity index (χ0n) is 9.56. The minimum Gasteiger partial charge on any atom is -0.372 e. The highest BCUT2D eigenvalue weighted by molar-refractivity contribution is 5.13. The topological polar surface area (TPSA) is 21.3 Å². The highest BCUT2D eigenvalue weighted by Crippen LogP contribution is 2.15. The van der Waals surface area contributed by atoms with Crippen LogP contribution in [0.25, 0.3) is 0 Å². The number of rotatable bonds is 5. The number of hydrogen-bond acceptors (Lipinski definition) is 2. The lowest BCUT2D eigenvalue weighted by molar-refractivity contribution is 0.0526. The zero-order valence-corrected chi connectivity index (χ0v) is 9.56. The average molecular weight is 217 g/mol. The summed E-state index contributed by atoms with van der Waals surface area (Å²) in [4.78, 5) is 0. The van der Waals surface area contributed by atoms with E-state index in [4.69, 9.17) is 4.74 Å². The predicted molar refractivity (Wildman–Crippen MR) is 66.2 cm³/mol. The summed E-state index contributed by atoms with van der Waals surface area (Å²) in [5.41, 5.74) is 1.25. The van der Waals surface area contributed by atoms with Crippen molar-refractivity contribution < 1.29 is 4.74 Å². The molecule has 2 atom stereocenters. The fraction of sp³-hybridized carbons (Fsp3) is 0.429. The standard InChI is InChI=1S/C14H19NO/c1-2-6-13-9-14(10-15-13)16-11-12-7-4-3-5-8-12/h2-5,7-8,13-15H,1,6,9-11H2/t13-,14+/m0/s1. The third kappa shape index (κ3) is 3.19. The molecule has 1 fully saturated rings. The average Bonchev–Trinajstić information content (AvgIpc) is 2.76. The second-order valence-corrected chi connectivity index (χ2v) is 4.28. The van der Waals surface area contributed by atoms with Gasteiger partial charge < -0.3 is 10.1 Å². The van der Waals surface area contributed by atoms with Crippen LogP contribution in [0, 0.1) is 0 Å². The van der Waals surface area contributed by atoms with Crippen molar-refractivity contribution >= 4 is 0 Å². The molecule has 1 aliphatic rings. The van der Waals surface area contributed by atoms with Crippen LogP contribution in [0.4, 0.5) is 0 Å². The molecule has 86 valence electrons. The molecule has 1 heterocycles. The first-order chi connectivity index (χ1) is 7.88. The molecule has 1 aromatic rings. The minimum absolute atomic E-state index is 0.352. The molecular weight excluding hydrogens is 198 g/mol. The molecule has 0 amide bonds. The fourth-order valence-corrected chi connectivity index (χ4v) is 2.08. The van der Waals surface area contributed by atoms with E-state index in [-0.39, 0.29) is 0 Å². The van der Waals surface area contributed by atoms with Crippen LogP contribution in [0.1, 0.15) is 18.4 Å². The van der Waals surface area contributed by atoms with Crippen molar-refractivity contribution in [3.05, 3.63) is 48.6 Å². The van der Waals surface area contributed by atoms with E-state index < -0.39 is 0 Å². The van der Waals surface area contributed by atoms with E-state index >= 15 is 0 Å². The molecule has 2 rings (SSSR count). The molecule has 16 heavy (non-hydrogen) atoms. The highest BCUT2D eigenvalue weighted by Gasteiger charge is 2.23. The van der Waals surface area contributed by atoms with Crippen LogP contribution in [-0.2, 0) is 11.3 Å². The van der Waals surface area contributed by atoms with Crippen molar-refractivity contribution in [1.29, 1.82) is 0 Å². The lowest BCUT2D eigenvalue weighted by atomic mass is 10.1. The van der Waals surface area contributed by atoms with Crippen LogP contribution < -0.4 is 5.32 Å². The van der Waals surface area contributed by atoms with Gasteiger partial charge >= 0.3 is 0 Å². The Bertz CT molecular complexity index is 323. The van der Waals surface area contributed by atoms with Gasteiger partial charge in [-0.25, -0.2) is 0 Å². The zero-order chi connectivity index (χ0) is 11.2.